The minimum Gasteiger partial charge on any atom is -0.474 e. The van der Waals surface area contributed by atoms with E-state index in [1.54, 1.807) is 0 Å². The van der Waals surface area contributed by atoms with E-state index in [0.29, 0.717) is 23.7 Å². The van der Waals surface area contributed by atoms with Gasteiger partial charge in [-0.15, -0.1) is 0 Å². The van der Waals surface area contributed by atoms with E-state index in [1.807, 2.05) is 6.92 Å². The van der Waals surface area contributed by atoms with Crippen LogP contribution in [0.3, 0.4) is 0 Å². The Kier molecular flexibility index (Phi) is 2.23. The van der Waals surface area contributed by atoms with Crippen molar-refractivity contribution in [1.82, 2.24) is 9.97 Å². The Morgan fingerprint density at radius 3 is 2.50 bits per heavy atom. The Labute approximate surface area is 95.2 Å². The summed E-state index contributed by atoms with van der Waals surface area (Å²) in [4.78, 5) is 8.84. The first kappa shape index (κ1) is 9.87. The van der Waals surface area contributed by atoms with Gasteiger partial charge in [-0.2, -0.15) is 4.98 Å². The second-order valence-corrected chi connectivity index (χ2v) is 4.84. The van der Waals surface area contributed by atoms with Crippen LogP contribution >= 0.6 is 0 Å². The lowest BCUT2D eigenvalue weighted by molar-refractivity contribution is 0.113. The third-order valence-electron chi connectivity index (χ3n) is 3.43. The van der Waals surface area contributed by atoms with Crippen LogP contribution in [0.2, 0.25) is 0 Å². The average Bonchev–Trinajstić information content (AvgIpc) is 3.00. The van der Waals surface area contributed by atoms with Crippen LogP contribution in [0, 0.1) is 6.92 Å². The monoisotopic (exact) mass is 219 g/mol. The lowest BCUT2D eigenvalue weighted by Gasteiger charge is -2.26. The van der Waals surface area contributed by atoms with Crippen molar-refractivity contribution in [3.8, 4) is 5.88 Å². The largest absolute Gasteiger partial charge is 0.474 e. The molecule has 0 unspecified atom stereocenters. The second kappa shape index (κ2) is 3.61. The molecule has 16 heavy (non-hydrogen) atoms. The molecule has 0 spiro atoms. The maximum Gasteiger partial charge on any atom is 0.222 e. The summed E-state index contributed by atoms with van der Waals surface area (Å²) in [6.07, 6.45) is 6.26. The standard InChI is InChI=1S/C12H17N3O/c1-7-10(13)14-11(8-5-6-8)15-12(7)16-9-3-2-4-9/h8-9H,2-6H2,1H3,(H2,13,14,15). The molecule has 0 amide bonds. The van der Waals surface area contributed by atoms with Gasteiger partial charge in [0.15, 0.2) is 0 Å². The number of hydrogen-bond donors (Lipinski definition) is 1. The molecule has 3 rings (SSSR count). The Morgan fingerprint density at radius 2 is 1.94 bits per heavy atom. The maximum atomic E-state index is 5.89. The average molecular weight is 219 g/mol. The summed E-state index contributed by atoms with van der Waals surface area (Å²) in [6, 6.07) is 0. The molecule has 1 aromatic rings. The summed E-state index contributed by atoms with van der Waals surface area (Å²) in [6.45, 7) is 1.93. The highest BCUT2D eigenvalue weighted by molar-refractivity contribution is 5.45. The fourth-order valence-electron chi connectivity index (χ4n) is 1.82. The number of rotatable bonds is 3. The minimum atomic E-state index is 0.347. The summed E-state index contributed by atoms with van der Waals surface area (Å²) < 4.78 is 5.85. The summed E-state index contributed by atoms with van der Waals surface area (Å²) in [5.74, 6) is 2.68. The molecule has 0 radical (unpaired) electrons. The summed E-state index contributed by atoms with van der Waals surface area (Å²) in [7, 11) is 0. The zero-order valence-electron chi connectivity index (χ0n) is 9.57. The number of aromatic nitrogens is 2. The molecule has 2 saturated carbocycles. The molecule has 0 aliphatic heterocycles. The predicted molar refractivity (Wildman–Crippen MR) is 61.4 cm³/mol. The van der Waals surface area contributed by atoms with Crippen LogP contribution in [-0.2, 0) is 0 Å². The third-order valence-corrected chi connectivity index (χ3v) is 3.43. The van der Waals surface area contributed by atoms with Gasteiger partial charge in [-0.3, -0.25) is 0 Å². The van der Waals surface area contributed by atoms with Gasteiger partial charge in [0.25, 0.3) is 0 Å². The van der Waals surface area contributed by atoms with Gasteiger partial charge in [0.2, 0.25) is 5.88 Å². The number of nitrogens with two attached hydrogens (primary N) is 1. The van der Waals surface area contributed by atoms with Gasteiger partial charge in [0, 0.05) is 5.92 Å². The van der Waals surface area contributed by atoms with Crippen molar-refractivity contribution in [3.05, 3.63) is 11.4 Å². The fourth-order valence-corrected chi connectivity index (χ4v) is 1.82. The molecule has 0 bridgehead atoms. The van der Waals surface area contributed by atoms with Crippen LogP contribution in [0.15, 0.2) is 0 Å². The summed E-state index contributed by atoms with van der Waals surface area (Å²) >= 11 is 0. The highest BCUT2D eigenvalue weighted by Crippen LogP contribution is 2.40. The van der Waals surface area contributed by atoms with Gasteiger partial charge in [-0.05, 0) is 39.0 Å². The van der Waals surface area contributed by atoms with Gasteiger partial charge in [0.1, 0.15) is 17.7 Å². The fraction of sp³-hybridized carbons (Fsp3) is 0.667. The summed E-state index contributed by atoms with van der Waals surface area (Å²) in [5, 5.41) is 0. The maximum absolute atomic E-state index is 5.89. The van der Waals surface area contributed by atoms with E-state index in [4.69, 9.17) is 10.5 Å². The SMILES string of the molecule is Cc1c(N)nc(C2CC2)nc1OC1CCC1. The molecule has 1 aromatic heterocycles. The number of ether oxygens (including phenoxy) is 1. The van der Waals surface area contributed by atoms with Crippen molar-refractivity contribution >= 4 is 5.82 Å². The van der Waals surface area contributed by atoms with E-state index < -0.39 is 0 Å². The molecule has 86 valence electrons. The Morgan fingerprint density at radius 1 is 1.19 bits per heavy atom. The molecule has 0 saturated heterocycles. The molecule has 2 N–H and O–H groups in total. The van der Waals surface area contributed by atoms with Gasteiger partial charge in [-0.25, -0.2) is 4.98 Å². The molecule has 2 fully saturated rings. The number of nitrogen functional groups attached to an aromatic ring is 1. The van der Waals surface area contributed by atoms with E-state index in [-0.39, 0.29) is 0 Å². The molecule has 0 atom stereocenters. The van der Waals surface area contributed by atoms with Crippen LogP contribution in [0.5, 0.6) is 5.88 Å². The lowest BCUT2D eigenvalue weighted by atomic mass is 9.96. The zero-order chi connectivity index (χ0) is 11.1. The van der Waals surface area contributed by atoms with Gasteiger partial charge < -0.3 is 10.5 Å². The smallest absolute Gasteiger partial charge is 0.222 e. The van der Waals surface area contributed by atoms with Crippen molar-refractivity contribution in [2.75, 3.05) is 5.73 Å². The molecular formula is C12H17N3O. The van der Waals surface area contributed by atoms with E-state index in [2.05, 4.69) is 9.97 Å². The van der Waals surface area contributed by atoms with Crippen LogP contribution in [0.4, 0.5) is 5.82 Å². The molecular weight excluding hydrogens is 202 g/mol. The molecule has 4 nitrogen and oxygen atoms in total. The molecule has 2 aliphatic carbocycles. The third kappa shape index (κ3) is 1.72. The molecule has 2 aliphatic rings. The minimum absolute atomic E-state index is 0.347. The Balaban J connectivity index is 1.87. The zero-order valence-corrected chi connectivity index (χ0v) is 9.57. The van der Waals surface area contributed by atoms with Gasteiger partial charge in [-0.1, -0.05) is 0 Å². The van der Waals surface area contributed by atoms with Crippen LogP contribution in [0.25, 0.3) is 0 Å². The Hall–Kier alpha value is -1.32. The van der Waals surface area contributed by atoms with E-state index in [0.717, 1.165) is 24.2 Å². The quantitative estimate of drug-likeness (QED) is 0.846. The van der Waals surface area contributed by atoms with Crippen LogP contribution in [0.1, 0.15) is 49.4 Å². The van der Waals surface area contributed by atoms with Gasteiger partial charge >= 0.3 is 0 Å². The highest BCUT2D eigenvalue weighted by atomic mass is 16.5. The van der Waals surface area contributed by atoms with E-state index >= 15 is 0 Å². The van der Waals surface area contributed by atoms with E-state index in [1.165, 1.54) is 19.3 Å². The van der Waals surface area contributed by atoms with Crippen molar-refractivity contribution in [2.45, 2.75) is 51.0 Å². The number of hydrogen-bond acceptors (Lipinski definition) is 4. The number of anilines is 1. The Bertz CT molecular complexity index is 411. The van der Waals surface area contributed by atoms with Crippen molar-refractivity contribution in [2.24, 2.45) is 0 Å². The lowest BCUT2D eigenvalue weighted by Crippen LogP contribution is -2.25. The van der Waals surface area contributed by atoms with Crippen LogP contribution < -0.4 is 10.5 Å². The first-order valence-electron chi connectivity index (χ1n) is 6.04. The van der Waals surface area contributed by atoms with Crippen LogP contribution in [-0.4, -0.2) is 16.1 Å². The molecule has 4 heteroatoms. The van der Waals surface area contributed by atoms with Crippen molar-refractivity contribution < 1.29 is 4.74 Å². The highest BCUT2D eigenvalue weighted by Gasteiger charge is 2.29. The second-order valence-electron chi connectivity index (χ2n) is 4.84. The normalized spacial score (nSPS) is 20.6. The first-order chi connectivity index (χ1) is 7.74. The topological polar surface area (TPSA) is 61.0 Å². The molecule has 0 aromatic carbocycles. The first-order valence-corrected chi connectivity index (χ1v) is 6.04. The predicted octanol–water partition coefficient (Wildman–Crippen LogP) is 2.18. The summed E-state index contributed by atoms with van der Waals surface area (Å²) in [5.41, 5.74) is 6.78. The molecule has 1 heterocycles. The van der Waals surface area contributed by atoms with Crippen molar-refractivity contribution in [1.29, 1.82) is 0 Å². The van der Waals surface area contributed by atoms with E-state index in [9.17, 15) is 0 Å². The van der Waals surface area contributed by atoms with Gasteiger partial charge in [0.05, 0.1) is 5.56 Å². The number of nitrogens with zero attached hydrogens (tertiary/aromatic N) is 2. The van der Waals surface area contributed by atoms with Crippen molar-refractivity contribution in [3.63, 3.8) is 0 Å².